The third kappa shape index (κ3) is 7.04. The molecule has 4 aliphatic heterocycles. The van der Waals surface area contributed by atoms with Gasteiger partial charge in [-0.1, -0.05) is 0 Å². The molecule has 58 heavy (non-hydrogen) atoms. The van der Waals surface area contributed by atoms with Crippen molar-refractivity contribution in [3.8, 4) is 0 Å². The summed E-state index contributed by atoms with van der Waals surface area (Å²) in [4.78, 5) is 39.4. The van der Waals surface area contributed by atoms with Crippen molar-refractivity contribution < 1.29 is 0 Å². The van der Waals surface area contributed by atoms with Gasteiger partial charge in [-0.2, -0.15) is 0 Å². The van der Waals surface area contributed by atoms with Crippen LogP contribution in [0.3, 0.4) is 0 Å². The first-order chi connectivity index (χ1) is 28.5. The van der Waals surface area contributed by atoms with E-state index in [1.807, 2.05) is 97.1 Å². The summed E-state index contributed by atoms with van der Waals surface area (Å²) in [5, 5.41) is 0. The molecular formula is C48H34N10. The lowest BCUT2D eigenvalue weighted by Crippen LogP contribution is -1.74. The Kier molecular flexibility index (Phi) is 7.88. The van der Waals surface area contributed by atoms with E-state index >= 15 is 0 Å². The van der Waals surface area contributed by atoms with Crippen molar-refractivity contribution in [3.05, 3.63) is 167 Å². The SMILES string of the molecule is C1=Cc2cc3ccc([nH]3)c3ccc(cc4nc(cc5ccc(cc1n2)[nH]5)C=C4)[nH]3.C1=Cc2cc3ccc([nH]3)c3ccc(cc4nc(cc5ccc(cc1n2)[nH]5)C=C4)[nH]3. The molecule has 12 rings (SSSR count). The second-order valence-corrected chi connectivity index (χ2v) is 14.4. The molecule has 276 valence electrons. The van der Waals surface area contributed by atoms with Gasteiger partial charge in [0.15, 0.2) is 0 Å². The minimum Gasteiger partial charge on any atom is -0.355 e. The summed E-state index contributed by atoms with van der Waals surface area (Å²) in [5.41, 5.74) is 19.7. The highest BCUT2D eigenvalue weighted by atomic mass is 14.8. The maximum absolute atomic E-state index is 4.69. The molecule has 12 heterocycles. The maximum Gasteiger partial charge on any atom is 0.0658 e. The minimum absolute atomic E-state index is 0.923. The topological polar surface area (TPSA) is 146 Å². The summed E-state index contributed by atoms with van der Waals surface area (Å²) in [6.45, 7) is 0. The van der Waals surface area contributed by atoms with Crippen LogP contribution in [-0.4, -0.2) is 49.8 Å². The Morgan fingerprint density at radius 2 is 0.379 bits per heavy atom. The van der Waals surface area contributed by atoms with Crippen molar-refractivity contribution in [1.29, 1.82) is 0 Å². The maximum atomic E-state index is 4.69. The predicted molar refractivity (Wildman–Crippen MR) is 239 cm³/mol. The zero-order valence-corrected chi connectivity index (χ0v) is 31.0. The number of rotatable bonds is 0. The normalized spacial score (nSPS) is 12.6. The smallest absolute Gasteiger partial charge is 0.0658 e. The summed E-state index contributed by atoms with van der Waals surface area (Å²) in [6, 6.07) is 41.1. The van der Waals surface area contributed by atoms with Crippen molar-refractivity contribution in [2.24, 2.45) is 0 Å². The first-order valence-electron chi connectivity index (χ1n) is 19.0. The van der Waals surface area contributed by atoms with Gasteiger partial charge in [0.25, 0.3) is 0 Å². The zero-order chi connectivity index (χ0) is 38.4. The van der Waals surface area contributed by atoms with Gasteiger partial charge in [-0.3, -0.25) is 0 Å². The lowest BCUT2D eigenvalue weighted by Gasteiger charge is -1.85. The van der Waals surface area contributed by atoms with E-state index in [1.54, 1.807) is 0 Å². The van der Waals surface area contributed by atoms with Crippen LogP contribution in [0.25, 0.3) is 115 Å². The van der Waals surface area contributed by atoms with Crippen molar-refractivity contribution in [2.45, 2.75) is 0 Å². The molecule has 4 aliphatic rings. The highest BCUT2D eigenvalue weighted by Gasteiger charge is 2.04. The fourth-order valence-electron chi connectivity index (χ4n) is 7.30. The minimum atomic E-state index is 0.923. The van der Waals surface area contributed by atoms with Gasteiger partial charge in [0.2, 0.25) is 0 Å². The quantitative estimate of drug-likeness (QED) is 0.0915. The lowest BCUT2D eigenvalue weighted by molar-refractivity contribution is 1.32. The van der Waals surface area contributed by atoms with Crippen molar-refractivity contribution >= 4 is 115 Å². The van der Waals surface area contributed by atoms with Crippen LogP contribution in [0.5, 0.6) is 0 Å². The van der Waals surface area contributed by atoms with Crippen molar-refractivity contribution in [2.75, 3.05) is 0 Å². The number of aromatic amines is 6. The van der Waals surface area contributed by atoms with Crippen molar-refractivity contribution in [1.82, 2.24) is 49.8 Å². The standard InChI is InChI=1S/2C24H17N5/c2*1-2-16-12-18-4-6-20(27-18)14-22-8-10-24(29-22)23-9-7-21(28-23)13-19-5-3-17(26-19)11-15(1)25-16/h2*1-14,25,28-29H. The molecule has 10 nitrogen and oxygen atoms in total. The zero-order valence-electron chi connectivity index (χ0n) is 31.0. The van der Waals surface area contributed by atoms with Gasteiger partial charge in [-0.05, 0) is 170 Å². The third-order valence-corrected chi connectivity index (χ3v) is 10.0. The molecule has 0 atom stereocenters. The van der Waals surface area contributed by atoms with E-state index in [-0.39, 0.29) is 0 Å². The van der Waals surface area contributed by atoms with Crippen LogP contribution >= 0.6 is 0 Å². The first kappa shape index (κ1) is 33.1. The van der Waals surface area contributed by atoms with Crippen molar-refractivity contribution in [3.63, 3.8) is 0 Å². The molecule has 0 unspecified atom stereocenters. The number of H-pyrrole nitrogens is 6. The largest absolute Gasteiger partial charge is 0.355 e. The molecule has 0 aliphatic carbocycles. The number of hydrogen-bond acceptors (Lipinski definition) is 4. The number of aromatic nitrogens is 10. The van der Waals surface area contributed by atoms with Crippen LogP contribution in [0, 0.1) is 0 Å². The highest BCUT2D eigenvalue weighted by molar-refractivity contribution is 5.84. The van der Waals surface area contributed by atoms with Gasteiger partial charge in [0.1, 0.15) is 0 Å². The van der Waals surface area contributed by atoms with Crippen LogP contribution in [0.15, 0.2) is 121 Å². The molecule has 0 radical (unpaired) electrons. The summed E-state index contributed by atoms with van der Waals surface area (Å²) < 4.78 is 0. The number of nitrogens with zero attached hydrogens (tertiary/aromatic N) is 4. The molecule has 10 heteroatoms. The second kappa shape index (κ2) is 13.8. The summed E-state index contributed by atoms with van der Waals surface area (Å²) in [6.07, 6.45) is 16.2. The molecule has 8 aromatic rings. The molecule has 0 saturated carbocycles. The Labute approximate surface area is 330 Å². The molecule has 8 aromatic heterocycles. The summed E-state index contributed by atoms with van der Waals surface area (Å²) in [7, 11) is 0. The van der Waals surface area contributed by atoms with Crippen LogP contribution in [0.1, 0.15) is 45.6 Å². The third-order valence-electron chi connectivity index (χ3n) is 10.0. The van der Waals surface area contributed by atoms with Gasteiger partial charge >= 0.3 is 0 Å². The van der Waals surface area contributed by atoms with Gasteiger partial charge in [-0.25, -0.2) is 19.9 Å². The number of fused-ring (bicyclic) bond motifs is 22. The molecule has 0 fully saturated rings. The van der Waals surface area contributed by atoms with Gasteiger partial charge in [0, 0.05) is 44.1 Å². The molecule has 20 bridgehead atoms. The van der Waals surface area contributed by atoms with Gasteiger partial charge in [0.05, 0.1) is 67.6 Å². The van der Waals surface area contributed by atoms with E-state index in [2.05, 4.69) is 103 Å². The van der Waals surface area contributed by atoms with Crippen LogP contribution in [-0.2, 0) is 0 Å². The fraction of sp³-hybridized carbons (Fsp3) is 0. The monoisotopic (exact) mass is 750 g/mol. The first-order valence-corrected chi connectivity index (χ1v) is 19.0. The van der Waals surface area contributed by atoms with Crippen LogP contribution < -0.4 is 0 Å². The van der Waals surface area contributed by atoms with Gasteiger partial charge < -0.3 is 29.9 Å². The van der Waals surface area contributed by atoms with Crippen LogP contribution in [0.4, 0.5) is 0 Å². The van der Waals surface area contributed by atoms with E-state index in [0.717, 1.165) is 112 Å². The Morgan fingerprint density at radius 3 is 0.586 bits per heavy atom. The van der Waals surface area contributed by atoms with E-state index in [4.69, 9.17) is 19.9 Å². The molecule has 6 N–H and O–H groups in total. The summed E-state index contributed by atoms with van der Waals surface area (Å²) in [5.74, 6) is 0. The Balaban J connectivity index is 0.000000133. The average molecular weight is 751 g/mol. The summed E-state index contributed by atoms with van der Waals surface area (Å²) >= 11 is 0. The Bertz CT molecular complexity index is 3020. The highest BCUT2D eigenvalue weighted by Crippen LogP contribution is 2.20. The van der Waals surface area contributed by atoms with E-state index in [9.17, 15) is 0 Å². The average Bonchev–Trinajstić information content (AvgIpc) is 4.05. The molecule has 0 aromatic carbocycles. The predicted octanol–water partition coefficient (Wildman–Crippen LogP) is 11.4. The molecule has 0 amide bonds. The van der Waals surface area contributed by atoms with E-state index in [1.165, 1.54) is 0 Å². The van der Waals surface area contributed by atoms with E-state index in [0.29, 0.717) is 0 Å². The number of hydrogen-bond donors (Lipinski definition) is 6. The Morgan fingerprint density at radius 1 is 0.207 bits per heavy atom. The Hall–Kier alpha value is -8.24. The molecular weight excluding hydrogens is 717 g/mol. The lowest BCUT2D eigenvalue weighted by atomic mass is 10.3. The second-order valence-electron chi connectivity index (χ2n) is 14.4. The molecule has 0 saturated heterocycles. The fourth-order valence-corrected chi connectivity index (χ4v) is 7.30. The van der Waals surface area contributed by atoms with E-state index < -0.39 is 0 Å². The number of nitrogens with one attached hydrogen (secondary N) is 6. The molecule has 0 spiro atoms. The van der Waals surface area contributed by atoms with Crippen LogP contribution in [0.2, 0.25) is 0 Å². The van der Waals surface area contributed by atoms with Gasteiger partial charge in [-0.15, -0.1) is 0 Å².